The van der Waals surface area contributed by atoms with Crippen molar-refractivity contribution in [2.75, 3.05) is 51.8 Å². The third-order valence-corrected chi connectivity index (χ3v) is 3.92. The molecule has 4 nitrogen and oxygen atoms in total. The lowest BCUT2D eigenvalue weighted by molar-refractivity contribution is 0.0323. The zero-order valence-corrected chi connectivity index (χ0v) is 12.5. The van der Waals surface area contributed by atoms with Crippen LogP contribution in [0, 0.1) is 0 Å². The molecule has 0 saturated carbocycles. The van der Waals surface area contributed by atoms with Gasteiger partial charge in [0.2, 0.25) is 0 Å². The van der Waals surface area contributed by atoms with E-state index in [0.29, 0.717) is 6.61 Å². The van der Waals surface area contributed by atoms with Crippen molar-refractivity contribution >= 4 is 16.5 Å². The van der Waals surface area contributed by atoms with E-state index in [1.165, 1.54) is 5.39 Å². The Labute approximate surface area is 125 Å². The van der Waals surface area contributed by atoms with Crippen molar-refractivity contribution in [3.8, 4) is 5.75 Å². The molecule has 0 bridgehead atoms. The summed E-state index contributed by atoms with van der Waals surface area (Å²) in [5.41, 5.74) is 1.13. The predicted molar refractivity (Wildman–Crippen MR) is 86.2 cm³/mol. The summed E-state index contributed by atoms with van der Waals surface area (Å²) in [5.74, 6) is 0.956. The molecule has 1 heterocycles. The molecule has 0 amide bonds. The molecule has 1 N–H and O–H groups in total. The van der Waals surface area contributed by atoms with E-state index in [2.05, 4.69) is 40.5 Å². The van der Waals surface area contributed by atoms with Crippen molar-refractivity contribution < 1.29 is 9.47 Å². The van der Waals surface area contributed by atoms with Gasteiger partial charge in [-0.25, -0.2) is 0 Å². The number of nitrogens with zero attached hydrogens (tertiary/aromatic N) is 1. The van der Waals surface area contributed by atoms with Crippen LogP contribution < -0.4 is 10.1 Å². The Morgan fingerprint density at radius 1 is 1.10 bits per heavy atom. The average molecular weight is 286 g/mol. The highest BCUT2D eigenvalue weighted by Crippen LogP contribution is 2.31. The van der Waals surface area contributed by atoms with Gasteiger partial charge in [0, 0.05) is 43.1 Å². The topological polar surface area (TPSA) is 33.7 Å². The second-order valence-electron chi connectivity index (χ2n) is 5.21. The van der Waals surface area contributed by atoms with Crippen molar-refractivity contribution in [3.63, 3.8) is 0 Å². The largest absolute Gasteiger partial charge is 0.492 e. The zero-order chi connectivity index (χ0) is 14.5. The maximum absolute atomic E-state index is 6.01. The van der Waals surface area contributed by atoms with Gasteiger partial charge >= 0.3 is 0 Å². The first-order valence-corrected chi connectivity index (χ1v) is 7.51. The number of ether oxygens (including phenoxy) is 2. The van der Waals surface area contributed by atoms with Gasteiger partial charge in [0.15, 0.2) is 0 Å². The maximum Gasteiger partial charge on any atom is 0.127 e. The lowest BCUT2D eigenvalue weighted by Gasteiger charge is -2.26. The minimum absolute atomic E-state index is 0.711. The molecule has 112 valence electrons. The average Bonchev–Trinajstić information content (AvgIpc) is 2.56. The summed E-state index contributed by atoms with van der Waals surface area (Å²) in [7, 11) is 1.95. The Bertz CT molecular complexity index is 594. The van der Waals surface area contributed by atoms with Gasteiger partial charge in [-0.1, -0.05) is 24.3 Å². The molecule has 0 spiro atoms. The van der Waals surface area contributed by atoms with Gasteiger partial charge in [0.1, 0.15) is 12.4 Å². The van der Waals surface area contributed by atoms with Crippen LogP contribution in [0.15, 0.2) is 36.4 Å². The molecule has 0 radical (unpaired) electrons. The zero-order valence-electron chi connectivity index (χ0n) is 12.5. The molecule has 0 aliphatic carbocycles. The van der Waals surface area contributed by atoms with Crippen LogP contribution in [0.2, 0.25) is 0 Å². The lowest BCUT2D eigenvalue weighted by Crippen LogP contribution is -2.38. The molecule has 1 aliphatic rings. The second kappa shape index (κ2) is 6.78. The Morgan fingerprint density at radius 2 is 1.86 bits per heavy atom. The normalized spacial score (nSPS) is 16.0. The molecule has 0 atom stereocenters. The Kier molecular flexibility index (Phi) is 4.58. The molecule has 3 rings (SSSR count). The number of nitrogens with one attached hydrogen (secondary N) is 1. The molecule has 1 fully saturated rings. The van der Waals surface area contributed by atoms with Gasteiger partial charge in [0.05, 0.1) is 13.2 Å². The summed E-state index contributed by atoms with van der Waals surface area (Å²) >= 11 is 0. The minimum atomic E-state index is 0.711. The summed E-state index contributed by atoms with van der Waals surface area (Å²) in [6.45, 7) is 5.33. The Balaban J connectivity index is 1.69. The smallest absolute Gasteiger partial charge is 0.127 e. The van der Waals surface area contributed by atoms with Crippen LogP contribution in [0.25, 0.3) is 10.8 Å². The van der Waals surface area contributed by atoms with E-state index >= 15 is 0 Å². The fourth-order valence-electron chi connectivity index (χ4n) is 2.72. The Morgan fingerprint density at radius 3 is 2.62 bits per heavy atom. The number of morpholine rings is 1. The summed E-state index contributed by atoms with van der Waals surface area (Å²) in [6.07, 6.45) is 0. The van der Waals surface area contributed by atoms with Crippen LogP contribution in [-0.2, 0) is 4.74 Å². The van der Waals surface area contributed by atoms with Gasteiger partial charge in [-0.05, 0) is 12.1 Å². The van der Waals surface area contributed by atoms with Crippen LogP contribution >= 0.6 is 0 Å². The molecule has 4 heteroatoms. The van der Waals surface area contributed by atoms with E-state index < -0.39 is 0 Å². The van der Waals surface area contributed by atoms with E-state index in [1.54, 1.807) is 0 Å². The van der Waals surface area contributed by atoms with Crippen molar-refractivity contribution in [2.24, 2.45) is 0 Å². The first-order chi connectivity index (χ1) is 10.4. The maximum atomic E-state index is 6.01. The third kappa shape index (κ3) is 3.28. The van der Waals surface area contributed by atoms with Crippen molar-refractivity contribution in [2.45, 2.75) is 0 Å². The molecule has 2 aromatic carbocycles. The standard InChI is InChI=1S/C17H22N2O2/c1-18-16-6-7-17(15-5-3-2-4-14(15)16)21-13-10-19-8-11-20-12-9-19/h2-7,18H,8-13H2,1H3. The van der Waals surface area contributed by atoms with Crippen LogP contribution in [0.3, 0.4) is 0 Å². The monoisotopic (exact) mass is 286 g/mol. The predicted octanol–water partition coefficient (Wildman–Crippen LogP) is 2.59. The minimum Gasteiger partial charge on any atom is -0.492 e. The SMILES string of the molecule is CNc1ccc(OCCN2CCOCC2)c2ccccc12. The highest BCUT2D eigenvalue weighted by Gasteiger charge is 2.10. The molecule has 2 aromatic rings. The van der Waals surface area contributed by atoms with Gasteiger partial charge in [-0.2, -0.15) is 0 Å². The number of rotatable bonds is 5. The molecule has 1 aliphatic heterocycles. The molecule has 0 aromatic heterocycles. The Hall–Kier alpha value is -1.78. The second-order valence-corrected chi connectivity index (χ2v) is 5.21. The van der Waals surface area contributed by atoms with Crippen LogP contribution in [-0.4, -0.2) is 51.4 Å². The molecule has 0 unspecified atom stereocenters. The molecular formula is C17H22N2O2. The lowest BCUT2D eigenvalue weighted by atomic mass is 10.1. The number of benzene rings is 2. The van der Waals surface area contributed by atoms with Crippen LogP contribution in [0.1, 0.15) is 0 Å². The fourth-order valence-corrected chi connectivity index (χ4v) is 2.72. The van der Waals surface area contributed by atoms with E-state index in [1.807, 2.05) is 13.1 Å². The highest BCUT2D eigenvalue weighted by atomic mass is 16.5. The molecule has 1 saturated heterocycles. The summed E-state index contributed by atoms with van der Waals surface area (Å²) < 4.78 is 11.4. The van der Waals surface area contributed by atoms with E-state index in [9.17, 15) is 0 Å². The number of hydrogen-bond acceptors (Lipinski definition) is 4. The van der Waals surface area contributed by atoms with E-state index in [4.69, 9.17) is 9.47 Å². The first-order valence-electron chi connectivity index (χ1n) is 7.51. The molecule has 21 heavy (non-hydrogen) atoms. The number of anilines is 1. The van der Waals surface area contributed by atoms with Crippen molar-refractivity contribution in [3.05, 3.63) is 36.4 Å². The summed E-state index contributed by atoms with van der Waals surface area (Å²) in [4.78, 5) is 2.38. The van der Waals surface area contributed by atoms with Crippen LogP contribution in [0.4, 0.5) is 5.69 Å². The quantitative estimate of drug-likeness (QED) is 0.916. The van der Waals surface area contributed by atoms with Gasteiger partial charge in [-0.15, -0.1) is 0 Å². The third-order valence-electron chi connectivity index (χ3n) is 3.92. The van der Waals surface area contributed by atoms with E-state index in [0.717, 1.165) is 49.7 Å². The van der Waals surface area contributed by atoms with Gasteiger partial charge in [0.25, 0.3) is 0 Å². The van der Waals surface area contributed by atoms with Crippen LogP contribution in [0.5, 0.6) is 5.75 Å². The molecular weight excluding hydrogens is 264 g/mol. The number of fused-ring (bicyclic) bond motifs is 1. The van der Waals surface area contributed by atoms with Crippen molar-refractivity contribution in [1.82, 2.24) is 4.90 Å². The van der Waals surface area contributed by atoms with E-state index in [-0.39, 0.29) is 0 Å². The van der Waals surface area contributed by atoms with Crippen molar-refractivity contribution in [1.29, 1.82) is 0 Å². The fraction of sp³-hybridized carbons (Fsp3) is 0.412. The highest BCUT2D eigenvalue weighted by molar-refractivity contribution is 5.97. The first kappa shape index (κ1) is 14.2. The summed E-state index contributed by atoms with van der Waals surface area (Å²) in [5, 5.41) is 5.58. The number of hydrogen-bond donors (Lipinski definition) is 1. The van der Waals surface area contributed by atoms with Gasteiger partial charge in [-0.3, -0.25) is 4.90 Å². The van der Waals surface area contributed by atoms with Gasteiger partial charge < -0.3 is 14.8 Å². The summed E-state index contributed by atoms with van der Waals surface area (Å²) in [6, 6.07) is 12.5.